The minimum atomic E-state index is 0.722. The molecule has 2 aliphatic heterocycles. The maximum absolute atomic E-state index is 6.34. The predicted molar refractivity (Wildman–Crippen MR) is 122 cm³/mol. The lowest BCUT2D eigenvalue weighted by atomic mass is 10.1. The Hall–Kier alpha value is -2.41. The van der Waals surface area contributed by atoms with E-state index < -0.39 is 0 Å². The molecule has 6 nitrogen and oxygen atoms in total. The number of rotatable bonds is 4. The van der Waals surface area contributed by atoms with Crippen LogP contribution in [-0.4, -0.2) is 67.4 Å². The van der Waals surface area contributed by atoms with E-state index in [1.807, 2.05) is 18.3 Å². The smallest absolute Gasteiger partial charge is 0.147 e. The van der Waals surface area contributed by atoms with E-state index in [-0.39, 0.29) is 0 Å². The van der Waals surface area contributed by atoms with Gasteiger partial charge >= 0.3 is 0 Å². The summed E-state index contributed by atoms with van der Waals surface area (Å²) in [6.45, 7) is 8.00. The number of ether oxygens (including phenoxy) is 1. The Morgan fingerprint density at radius 1 is 0.867 bits per heavy atom. The number of morpholine rings is 1. The lowest BCUT2D eigenvalue weighted by Crippen LogP contribution is -2.46. The van der Waals surface area contributed by atoms with Gasteiger partial charge in [0.15, 0.2) is 0 Å². The van der Waals surface area contributed by atoms with Crippen molar-refractivity contribution in [2.24, 2.45) is 0 Å². The molecule has 0 aliphatic carbocycles. The Morgan fingerprint density at radius 3 is 2.43 bits per heavy atom. The van der Waals surface area contributed by atoms with E-state index in [4.69, 9.17) is 21.3 Å². The summed E-state index contributed by atoms with van der Waals surface area (Å²) in [5, 5.41) is 1.92. The summed E-state index contributed by atoms with van der Waals surface area (Å²) in [4.78, 5) is 16.7. The highest BCUT2D eigenvalue weighted by Gasteiger charge is 2.23. The molecule has 0 spiro atoms. The molecule has 0 amide bonds. The monoisotopic (exact) mass is 423 g/mol. The van der Waals surface area contributed by atoms with Gasteiger partial charge < -0.3 is 14.5 Å². The maximum Gasteiger partial charge on any atom is 0.147 e. The largest absolute Gasteiger partial charge is 0.378 e. The van der Waals surface area contributed by atoms with Crippen LogP contribution in [0.5, 0.6) is 0 Å². The summed E-state index contributed by atoms with van der Waals surface area (Å²) in [7, 11) is 0. The van der Waals surface area contributed by atoms with Crippen molar-refractivity contribution in [2.75, 3.05) is 62.3 Å². The molecule has 2 aromatic heterocycles. The van der Waals surface area contributed by atoms with Crippen LogP contribution in [0.4, 0.5) is 11.6 Å². The fraction of sp³-hybridized carbons (Fsp3) is 0.391. The van der Waals surface area contributed by atoms with Crippen molar-refractivity contribution in [3.05, 3.63) is 59.2 Å². The number of fused-ring (bicyclic) bond motifs is 1. The van der Waals surface area contributed by atoms with E-state index in [0.29, 0.717) is 0 Å². The normalized spacial score (nSPS) is 18.2. The molecule has 156 valence electrons. The molecule has 1 aromatic carbocycles. The number of halogens is 1. The van der Waals surface area contributed by atoms with Gasteiger partial charge in [0.2, 0.25) is 0 Å². The van der Waals surface area contributed by atoms with Crippen molar-refractivity contribution in [3.8, 4) is 0 Å². The summed E-state index contributed by atoms with van der Waals surface area (Å²) in [5.74, 6) is 1.99. The Morgan fingerprint density at radius 2 is 1.63 bits per heavy atom. The average molecular weight is 424 g/mol. The van der Waals surface area contributed by atoms with Gasteiger partial charge in [-0.1, -0.05) is 29.8 Å². The first-order valence-corrected chi connectivity index (χ1v) is 10.9. The van der Waals surface area contributed by atoms with E-state index in [1.54, 1.807) is 0 Å². The maximum atomic E-state index is 6.34. The molecule has 30 heavy (non-hydrogen) atoms. The first-order valence-electron chi connectivity index (χ1n) is 10.6. The third-order valence-electron chi connectivity index (χ3n) is 5.90. The van der Waals surface area contributed by atoms with E-state index >= 15 is 0 Å². The van der Waals surface area contributed by atoms with E-state index in [9.17, 15) is 0 Å². The molecule has 0 N–H and O–H groups in total. The first-order chi connectivity index (χ1) is 14.8. The van der Waals surface area contributed by atoms with E-state index in [0.717, 1.165) is 81.2 Å². The van der Waals surface area contributed by atoms with Crippen LogP contribution in [0.25, 0.3) is 10.9 Å². The summed E-state index contributed by atoms with van der Waals surface area (Å²) in [6.07, 6.45) is 1.81. The van der Waals surface area contributed by atoms with Crippen LogP contribution in [0.1, 0.15) is 5.56 Å². The van der Waals surface area contributed by atoms with Crippen molar-refractivity contribution in [1.29, 1.82) is 0 Å². The zero-order chi connectivity index (χ0) is 20.3. The second-order valence-electron chi connectivity index (χ2n) is 7.84. The topological polar surface area (TPSA) is 44.7 Å². The quantitative estimate of drug-likeness (QED) is 0.640. The summed E-state index contributed by atoms with van der Waals surface area (Å²) >= 11 is 6.34. The minimum Gasteiger partial charge on any atom is -0.378 e. The van der Waals surface area contributed by atoms with Crippen LogP contribution >= 0.6 is 11.6 Å². The zero-order valence-electron chi connectivity index (χ0n) is 17.0. The standard InChI is InChI=1S/C23H26ClN5O/c24-20-5-3-7-25-23(20)28-10-8-27(9-11-28)17-19-16-18-4-1-2-6-21(18)26-22(19)29-12-14-30-15-13-29/h1-7,16H,8-15,17H2. The number of benzene rings is 1. The fourth-order valence-electron chi connectivity index (χ4n) is 4.28. The third kappa shape index (κ3) is 4.08. The lowest BCUT2D eigenvalue weighted by molar-refractivity contribution is 0.122. The molecular weight excluding hydrogens is 398 g/mol. The summed E-state index contributed by atoms with van der Waals surface area (Å²) < 4.78 is 5.56. The van der Waals surface area contributed by atoms with E-state index in [1.165, 1.54) is 10.9 Å². The number of anilines is 2. The second-order valence-corrected chi connectivity index (χ2v) is 8.24. The van der Waals surface area contributed by atoms with Gasteiger partial charge in [-0.25, -0.2) is 9.97 Å². The molecular formula is C23H26ClN5O. The van der Waals surface area contributed by atoms with Gasteiger partial charge in [0.1, 0.15) is 11.6 Å². The Bertz CT molecular complexity index is 1020. The molecule has 0 atom stereocenters. The van der Waals surface area contributed by atoms with Crippen LogP contribution in [0.2, 0.25) is 5.02 Å². The van der Waals surface area contributed by atoms with Crippen molar-refractivity contribution >= 4 is 34.1 Å². The number of hydrogen-bond donors (Lipinski definition) is 0. The molecule has 7 heteroatoms. The molecule has 2 aliphatic rings. The SMILES string of the molecule is Clc1cccnc1N1CCN(Cc2cc3ccccc3nc2N2CCOCC2)CC1. The highest BCUT2D eigenvalue weighted by atomic mass is 35.5. The number of para-hydroxylation sites is 1. The Labute approximate surface area is 182 Å². The molecule has 5 rings (SSSR count). The average Bonchev–Trinajstić information content (AvgIpc) is 2.80. The van der Waals surface area contributed by atoms with Crippen molar-refractivity contribution < 1.29 is 4.74 Å². The van der Waals surface area contributed by atoms with Gasteiger partial charge in [0.25, 0.3) is 0 Å². The highest BCUT2D eigenvalue weighted by Crippen LogP contribution is 2.27. The van der Waals surface area contributed by atoms with Crippen molar-refractivity contribution in [3.63, 3.8) is 0 Å². The van der Waals surface area contributed by atoms with Gasteiger partial charge in [-0.05, 0) is 24.3 Å². The number of pyridine rings is 2. The molecule has 4 heterocycles. The van der Waals surface area contributed by atoms with Gasteiger partial charge in [0.05, 0.1) is 23.8 Å². The minimum absolute atomic E-state index is 0.722. The second kappa shape index (κ2) is 8.76. The lowest BCUT2D eigenvalue weighted by Gasteiger charge is -2.36. The van der Waals surface area contributed by atoms with Crippen LogP contribution in [0, 0.1) is 0 Å². The number of aromatic nitrogens is 2. The molecule has 2 fully saturated rings. The molecule has 3 aromatic rings. The number of piperazine rings is 1. The molecule has 2 saturated heterocycles. The van der Waals surface area contributed by atoms with Crippen molar-refractivity contribution in [1.82, 2.24) is 14.9 Å². The summed E-state index contributed by atoms with van der Waals surface area (Å²) in [5.41, 5.74) is 2.34. The number of nitrogens with zero attached hydrogens (tertiary/aromatic N) is 5. The molecule has 0 saturated carbocycles. The zero-order valence-corrected chi connectivity index (χ0v) is 17.8. The van der Waals surface area contributed by atoms with Gasteiger partial charge in [-0.15, -0.1) is 0 Å². The van der Waals surface area contributed by atoms with Crippen LogP contribution in [0.3, 0.4) is 0 Å². The highest BCUT2D eigenvalue weighted by molar-refractivity contribution is 6.32. The molecule has 0 bridgehead atoms. The fourth-order valence-corrected chi connectivity index (χ4v) is 4.52. The van der Waals surface area contributed by atoms with Crippen molar-refractivity contribution in [2.45, 2.75) is 6.54 Å². The summed E-state index contributed by atoms with van der Waals surface area (Å²) in [6, 6.07) is 14.5. The Balaban J connectivity index is 1.35. The first kappa shape index (κ1) is 19.5. The van der Waals surface area contributed by atoms with E-state index in [2.05, 4.69) is 50.0 Å². The van der Waals surface area contributed by atoms with Crippen LogP contribution in [0.15, 0.2) is 48.7 Å². The van der Waals surface area contributed by atoms with Gasteiger partial charge in [0, 0.05) is 63.0 Å². The number of hydrogen-bond acceptors (Lipinski definition) is 6. The predicted octanol–water partition coefficient (Wildman–Crippen LogP) is 3.44. The van der Waals surface area contributed by atoms with Crippen LogP contribution in [-0.2, 0) is 11.3 Å². The molecule has 0 unspecified atom stereocenters. The van der Waals surface area contributed by atoms with Gasteiger partial charge in [-0.3, -0.25) is 4.90 Å². The third-order valence-corrected chi connectivity index (χ3v) is 6.19. The van der Waals surface area contributed by atoms with Gasteiger partial charge in [-0.2, -0.15) is 0 Å². The molecule has 0 radical (unpaired) electrons. The van der Waals surface area contributed by atoms with Crippen LogP contribution < -0.4 is 9.80 Å². The Kier molecular flexibility index (Phi) is 5.71.